The second kappa shape index (κ2) is 5.89. The van der Waals surface area contributed by atoms with Crippen molar-refractivity contribution in [1.29, 1.82) is 0 Å². The van der Waals surface area contributed by atoms with Gasteiger partial charge in [0.2, 0.25) is 0 Å². The zero-order valence-corrected chi connectivity index (χ0v) is 13.9. The van der Waals surface area contributed by atoms with Crippen LogP contribution in [0.3, 0.4) is 0 Å². The first-order valence-corrected chi connectivity index (χ1v) is 8.51. The van der Waals surface area contributed by atoms with Crippen LogP contribution in [0.4, 0.5) is 0 Å². The normalized spacial score (nSPS) is 24.8. The molecule has 5 nitrogen and oxygen atoms in total. The van der Waals surface area contributed by atoms with Gasteiger partial charge in [-0.3, -0.25) is 14.6 Å². The number of benzene rings is 1. The van der Waals surface area contributed by atoms with Crippen LogP contribution in [0.25, 0.3) is 0 Å². The lowest BCUT2D eigenvalue weighted by Crippen LogP contribution is -2.42. The Bertz CT molecular complexity index is 910. The fraction of sp³-hybridized carbons (Fsp3) is 0.350. The van der Waals surface area contributed by atoms with Crippen LogP contribution in [-0.2, 0) is 0 Å². The maximum absolute atomic E-state index is 12.6. The molecule has 1 N–H and O–H groups in total. The number of H-pyrrole nitrogens is 1. The van der Waals surface area contributed by atoms with Gasteiger partial charge in [0.1, 0.15) is 5.69 Å². The number of likely N-dealkylation sites (tertiary alicyclic amines) is 1. The van der Waals surface area contributed by atoms with Crippen LogP contribution < -0.4 is 5.56 Å². The molecule has 1 saturated carbocycles. The first kappa shape index (κ1) is 15.6. The van der Waals surface area contributed by atoms with Crippen LogP contribution >= 0.6 is 0 Å². The number of nitrogens with one attached hydrogen (secondary N) is 1. The average molecular weight is 333 g/mol. The summed E-state index contributed by atoms with van der Waals surface area (Å²) in [4.78, 5) is 32.3. The van der Waals surface area contributed by atoms with Gasteiger partial charge in [-0.15, -0.1) is 6.42 Å². The van der Waals surface area contributed by atoms with E-state index in [9.17, 15) is 9.59 Å². The maximum Gasteiger partial charge on any atom is 0.271 e. The Morgan fingerprint density at radius 2 is 2.08 bits per heavy atom. The molecule has 1 unspecified atom stereocenters. The van der Waals surface area contributed by atoms with E-state index in [1.54, 1.807) is 0 Å². The van der Waals surface area contributed by atoms with Gasteiger partial charge in [-0.25, -0.2) is 0 Å². The summed E-state index contributed by atoms with van der Waals surface area (Å²) in [6.07, 6.45) is 11.3. The lowest BCUT2D eigenvalue weighted by atomic mass is 9.57. The first-order chi connectivity index (χ1) is 12.1. The van der Waals surface area contributed by atoms with Crippen LogP contribution in [0.2, 0.25) is 0 Å². The summed E-state index contributed by atoms with van der Waals surface area (Å²) < 4.78 is 0. The zero-order chi connectivity index (χ0) is 17.4. The molecule has 5 heteroatoms. The summed E-state index contributed by atoms with van der Waals surface area (Å²) in [7, 11) is 0. The molecule has 2 heterocycles. The Labute approximate surface area is 146 Å². The topological polar surface area (TPSA) is 66.1 Å². The van der Waals surface area contributed by atoms with Gasteiger partial charge < -0.3 is 9.88 Å². The van der Waals surface area contributed by atoms with E-state index in [4.69, 9.17) is 6.42 Å². The molecule has 1 aromatic carbocycles. The van der Waals surface area contributed by atoms with Gasteiger partial charge in [0.05, 0.1) is 12.4 Å². The van der Waals surface area contributed by atoms with Crippen molar-refractivity contribution >= 4 is 5.91 Å². The van der Waals surface area contributed by atoms with E-state index in [1.165, 1.54) is 18.0 Å². The van der Waals surface area contributed by atoms with Crippen molar-refractivity contribution in [2.75, 3.05) is 13.1 Å². The molecule has 2 atom stereocenters. The Morgan fingerprint density at radius 3 is 2.72 bits per heavy atom. The van der Waals surface area contributed by atoms with Crippen LogP contribution in [0.15, 0.2) is 41.5 Å². The van der Waals surface area contributed by atoms with Crippen molar-refractivity contribution in [3.05, 3.63) is 63.8 Å². The highest BCUT2D eigenvalue weighted by atomic mass is 16.2. The molecule has 1 aromatic heterocycles. The monoisotopic (exact) mass is 333 g/mol. The number of hydrogen-bond acceptors (Lipinski definition) is 3. The van der Waals surface area contributed by atoms with E-state index in [1.807, 2.05) is 17.0 Å². The van der Waals surface area contributed by atoms with Crippen molar-refractivity contribution in [2.24, 2.45) is 5.41 Å². The molecule has 1 spiro atoms. The number of hydrogen-bond donors (Lipinski definition) is 1. The third-order valence-corrected chi connectivity index (χ3v) is 5.71. The van der Waals surface area contributed by atoms with Gasteiger partial charge in [0, 0.05) is 18.7 Å². The minimum atomic E-state index is -0.352. The van der Waals surface area contributed by atoms with Gasteiger partial charge >= 0.3 is 0 Å². The number of amides is 1. The average Bonchev–Trinajstić information content (AvgIpc) is 3.09. The van der Waals surface area contributed by atoms with E-state index < -0.39 is 0 Å². The summed E-state index contributed by atoms with van der Waals surface area (Å²) in [6.45, 7) is 1.44. The summed E-state index contributed by atoms with van der Waals surface area (Å²) >= 11 is 0. The molecule has 25 heavy (non-hydrogen) atoms. The minimum Gasteiger partial charge on any atom is -0.337 e. The quantitative estimate of drug-likeness (QED) is 0.857. The van der Waals surface area contributed by atoms with Crippen LogP contribution in [0.1, 0.15) is 46.8 Å². The molecule has 2 aromatic rings. The van der Waals surface area contributed by atoms with Gasteiger partial charge in [0.25, 0.3) is 11.5 Å². The van der Waals surface area contributed by atoms with Gasteiger partial charge in [-0.1, -0.05) is 18.1 Å². The van der Waals surface area contributed by atoms with E-state index >= 15 is 0 Å². The second-order valence-corrected chi connectivity index (χ2v) is 7.01. The van der Waals surface area contributed by atoms with E-state index in [-0.39, 0.29) is 22.6 Å². The number of terminal acetylenes is 1. The second-order valence-electron chi connectivity index (χ2n) is 7.01. The van der Waals surface area contributed by atoms with Crippen LogP contribution in [0.5, 0.6) is 0 Å². The van der Waals surface area contributed by atoms with E-state index in [0.717, 1.165) is 31.4 Å². The van der Waals surface area contributed by atoms with Crippen LogP contribution in [-0.4, -0.2) is 33.9 Å². The number of carbonyl (C=O) groups excluding carboxylic acids is 1. The molecule has 2 fully saturated rings. The number of nitrogens with zero attached hydrogens (tertiary/aromatic N) is 2. The Hall–Kier alpha value is -2.87. The van der Waals surface area contributed by atoms with Crippen molar-refractivity contribution in [3.8, 4) is 12.3 Å². The highest BCUT2D eigenvalue weighted by Crippen LogP contribution is 2.57. The molecular weight excluding hydrogens is 314 g/mol. The predicted molar refractivity (Wildman–Crippen MR) is 94.2 cm³/mol. The summed E-state index contributed by atoms with van der Waals surface area (Å²) in [5.41, 5.74) is 2.25. The van der Waals surface area contributed by atoms with E-state index in [2.05, 4.69) is 28.0 Å². The lowest BCUT2D eigenvalue weighted by molar-refractivity contribution is 0.0669. The predicted octanol–water partition coefficient (Wildman–Crippen LogP) is 2.16. The number of aromatic amines is 1. The molecule has 4 rings (SSSR count). The largest absolute Gasteiger partial charge is 0.337 e. The lowest BCUT2D eigenvalue weighted by Gasteiger charge is -2.47. The third-order valence-electron chi connectivity index (χ3n) is 5.71. The van der Waals surface area contributed by atoms with Crippen molar-refractivity contribution in [3.63, 3.8) is 0 Å². The van der Waals surface area contributed by atoms with E-state index in [0.29, 0.717) is 12.5 Å². The molecule has 1 aliphatic heterocycles. The smallest absolute Gasteiger partial charge is 0.271 e. The summed E-state index contributed by atoms with van der Waals surface area (Å²) in [5.74, 6) is 2.97. The molecule has 0 radical (unpaired) electrons. The van der Waals surface area contributed by atoms with Gasteiger partial charge in [0.15, 0.2) is 0 Å². The van der Waals surface area contributed by atoms with Crippen molar-refractivity contribution in [1.82, 2.24) is 14.9 Å². The van der Waals surface area contributed by atoms with Gasteiger partial charge in [-0.2, -0.15) is 0 Å². The minimum absolute atomic E-state index is 0.143. The molecule has 0 bridgehead atoms. The molecular formula is C20H19N3O2. The Balaban J connectivity index is 1.52. The fourth-order valence-electron chi connectivity index (χ4n) is 4.24. The number of carbonyl (C=O) groups is 1. The molecule has 1 amide bonds. The SMILES string of the molecule is C#Cc1ccc([C@H]2CCC23CCN(C(=O)c2cncc(=O)[nH]2)C3)cc1. The Morgan fingerprint density at radius 1 is 1.28 bits per heavy atom. The van der Waals surface area contributed by atoms with Gasteiger partial charge in [-0.05, 0) is 48.3 Å². The summed E-state index contributed by atoms with van der Waals surface area (Å²) in [6, 6.07) is 8.20. The number of rotatable bonds is 2. The Kier molecular flexibility index (Phi) is 3.69. The van der Waals surface area contributed by atoms with Crippen molar-refractivity contribution < 1.29 is 4.79 Å². The standard InChI is InChI=1S/C20H19N3O2/c1-2-14-3-5-15(6-4-14)16-7-8-20(16)9-10-23(13-20)19(25)17-11-21-12-18(24)22-17/h1,3-6,11-12,16H,7-10,13H2,(H,22,24)/t16-,20?/m1/s1. The first-order valence-electron chi connectivity index (χ1n) is 8.51. The van der Waals surface area contributed by atoms with Crippen LogP contribution in [0, 0.1) is 17.8 Å². The fourth-order valence-corrected chi connectivity index (χ4v) is 4.24. The summed E-state index contributed by atoms with van der Waals surface area (Å²) in [5, 5.41) is 0. The zero-order valence-electron chi connectivity index (χ0n) is 13.9. The third kappa shape index (κ3) is 2.64. The molecule has 126 valence electrons. The highest BCUT2D eigenvalue weighted by Gasteiger charge is 2.52. The molecule has 1 saturated heterocycles. The molecule has 2 aliphatic rings. The molecule has 1 aliphatic carbocycles. The highest BCUT2D eigenvalue weighted by molar-refractivity contribution is 5.92. The van der Waals surface area contributed by atoms with Crippen molar-refractivity contribution in [2.45, 2.75) is 25.2 Å². The number of aromatic nitrogens is 2. The maximum atomic E-state index is 12.6.